The lowest BCUT2D eigenvalue weighted by molar-refractivity contribution is 0.0897. The quantitative estimate of drug-likeness (QED) is 0.636. The summed E-state index contributed by atoms with van der Waals surface area (Å²) in [6.07, 6.45) is 1.41. The first kappa shape index (κ1) is 14.3. The minimum absolute atomic E-state index is 0.0794. The minimum atomic E-state index is -0.393. The van der Waals surface area contributed by atoms with E-state index in [2.05, 4.69) is 5.32 Å². The van der Waals surface area contributed by atoms with Crippen LogP contribution in [-0.4, -0.2) is 28.2 Å². The topological polar surface area (TPSA) is 95.6 Å². The molecule has 0 aliphatic heterocycles. The summed E-state index contributed by atoms with van der Waals surface area (Å²) in [7, 11) is 0. The minimum Gasteiger partial charge on any atom is -0.508 e. The van der Waals surface area contributed by atoms with Crippen molar-refractivity contribution in [3.63, 3.8) is 0 Å². The van der Waals surface area contributed by atoms with Gasteiger partial charge in [-0.1, -0.05) is 6.92 Å². The highest BCUT2D eigenvalue weighted by atomic mass is 16.3. The molecule has 0 aliphatic carbocycles. The van der Waals surface area contributed by atoms with Crippen LogP contribution in [0, 0.1) is 0 Å². The fourth-order valence-corrected chi connectivity index (χ4v) is 1.70. The lowest BCUT2D eigenvalue weighted by Crippen LogP contribution is -2.46. The molecule has 0 saturated heterocycles. The van der Waals surface area contributed by atoms with Gasteiger partial charge in [0, 0.05) is 11.6 Å². The Morgan fingerprint density at radius 2 is 2.11 bits per heavy atom. The van der Waals surface area contributed by atoms with E-state index in [0.717, 1.165) is 12.5 Å². The third kappa shape index (κ3) is 3.37. The zero-order valence-electron chi connectivity index (χ0n) is 10.7. The molecular weight excluding hydrogens is 232 g/mol. The third-order valence-electron chi connectivity index (χ3n) is 3.12. The molecule has 0 radical (unpaired) electrons. The van der Waals surface area contributed by atoms with Crippen molar-refractivity contribution in [1.82, 2.24) is 5.32 Å². The molecule has 5 nitrogen and oxygen atoms in total. The van der Waals surface area contributed by atoms with E-state index in [4.69, 9.17) is 5.73 Å². The molecule has 1 amide bonds. The van der Waals surface area contributed by atoms with Crippen molar-refractivity contribution in [1.29, 1.82) is 0 Å². The van der Waals surface area contributed by atoms with Crippen LogP contribution in [-0.2, 0) is 0 Å². The highest BCUT2D eigenvalue weighted by molar-refractivity contribution is 5.97. The van der Waals surface area contributed by atoms with Crippen LogP contribution < -0.4 is 11.1 Å². The SMILES string of the molecule is CCC(C)(CCN)NC(=O)c1ccc(O)cc1O. The number of nitrogens with two attached hydrogens (primary N) is 1. The largest absolute Gasteiger partial charge is 0.508 e. The second-order valence-corrected chi connectivity index (χ2v) is 4.61. The van der Waals surface area contributed by atoms with Gasteiger partial charge in [0.15, 0.2) is 0 Å². The number of rotatable bonds is 5. The summed E-state index contributed by atoms with van der Waals surface area (Å²) >= 11 is 0. The fourth-order valence-electron chi connectivity index (χ4n) is 1.70. The molecule has 1 atom stereocenters. The summed E-state index contributed by atoms with van der Waals surface area (Å²) in [6.45, 7) is 4.36. The van der Waals surface area contributed by atoms with E-state index < -0.39 is 5.54 Å². The van der Waals surface area contributed by atoms with Gasteiger partial charge in [-0.25, -0.2) is 0 Å². The van der Waals surface area contributed by atoms with Crippen molar-refractivity contribution in [2.75, 3.05) is 6.54 Å². The summed E-state index contributed by atoms with van der Waals surface area (Å²) in [5.74, 6) is -0.687. The van der Waals surface area contributed by atoms with E-state index in [1.807, 2.05) is 13.8 Å². The number of carbonyl (C=O) groups excluding carboxylic acids is 1. The highest BCUT2D eigenvalue weighted by Crippen LogP contribution is 2.23. The van der Waals surface area contributed by atoms with Crippen molar-refractivity contribution >= 4 is 5.91 Å². The number of phenolic OH excluding ortho intramolecular Hbond substituents is 2. The van der Waals surface area contributed by atoms with Crippen molar-refractivity contribution in [2.24, 2.45) is 5.73 Å². The summed E-state index contributed by atoms with van der Waals surface area (Å²) in [5.41, 5.74) is 5.27. The van der Waals surface area contributed by atoms with Gasteiger partial charge < -0.3 is 21.3 Å². The van der Waals surface area contributed by atoms with Gasteiger partial charge in [0.05, 0.1) is 5.56 Å². The van der Waals surface area contributed by atoms with E-state index in [1.54, 1.807) is 0 Å². The zero-order valence-corrected chi connectivity index (χ0v) is 10.7. The molecule has 0 aromatic heterocycles. The normalized spacial score (nSPS) is 13.9. The van der Waals surface area contributed by atoms with Gasteiger partial charge in [-0.2, -0.15) is 0 Å². The molecule has 0 heterocycles. The van der Waals surface area contributed by atoms with Crippen molar-refractivity contribution in [2.45, 2.75) is 32.2 Å². The molecule has 0 aliphatic rings. The summed E-state index contributed by atoms with van der Waals surface area (Å²) in [5, 5.41) is 21.6. The highest BCUT2D eigenvalue weighted by Gasteiger charge is 2.25. The Labute approximate surface area is 107 Å². The van der Waals surface area contributed by atoms with Gasteiger partial charge in [-0.15, -0.1) is 0 Å². The molecule has 18 heavy (non-hydrogen) atoms. The Balaban J connectivity index is 2.87. The van der Waals surface area contributed by atoms with E-state index in [-0.39, 0.29) is 23.0 Å². The second kappa shape index (κ2) is 5.73. The van der Waals surface area contributed by atoms with Crippen LogP contribution in [0.4, 0.5) is 0 Å². The average molecular weight is 252 g/mol. The maximum Gasteiger partial charge on any atom is 0.255 e. The standard InChI is InChI=1S/C13H20N2O3/c1-3-13(2,6-7-14)15-12(18)10-5-4-9(16)8-11(10)17/h4-5,8,16-17H,3,6-7,14H2,1-2H3,(H,15,18). The van der Waals surface area contributed by atoms with E-state index in [0.29, 0.717) is 13.0 Å². The van der Waals surface area contributed by atoms with E-state index in [9.17, 15) is 15.0 Å². The van der Waals surface area contributed by atoms with Gasteiger partial charge in [-0.05, 0) is 38.4 Å². The van der Waals surface area contributed by atoms with Crippen LogP contribution in [0.2, 0.25) is 0 Å². The van der Waals surface area contributed by atoms with Gasteiger partial charge in [-0.3, -0.25) is 4.79 Å². The molecule has 0 spiro atoms. The predicted octanol–water partition coefficient (Wildman–Crippen LogP) is 1.35. The summed E-state index contributed by atoms with van der Waals surface area (Å²) in [4.78, 5) is 12.0. The Kier molecular flexibility index (Phi) is 4.55. The zero-order chi connectivity index (χ0) is 13.8. The van der Waals surface area contributed by atoms with Crippen molar-refractivity contribution in [3.8, 4) is 11.5 Å². The first-order chi connectivity index (χ1) is 8.41. The summed E-state index contributed by atoms with van der Waals surface area (Å²) in [6, 6.07) is 3.89. The van der Waals surface area contributed by atoms with Gasteiger partial charge >= 0.3 is 0 Å². The molecule has 1 aromatic carbocycles. The molecule has 5 N–H and O–H groups in total. The fraction of sp³-hybridized carbons (Fsp3) is 0.462. The number of carbonyl (C=O) groups is 1. The first-order valence-electron chi connectivity index (χ1n) is 5.96. The van der Waals surface area contributed by atoms with Crippen molar-refractivity contribution < 1.29 is 15.0 Å². The van der Waals surface area contributed by atoms with Crippen molar-refractivity contribution in [3.05, 3.63) is 23.8 Å². The molecular formula is C13H20N2O3. The maximum absolute atomic E-state index is 12.0. The van der Waals surface area contributed by atoms with Crippen LogP contribution in [0.1, 0.15) is 37.0 Å². The number of phenols is 2. The molecule has 1 rings (SSSR count). The number of hydrogen-bond acceptors (Lipinski definition) is 4. The number of nitrogens with one attached hydrogen (secondary N) is 1. The molecule has 1 unspecified atom stereocenters. The van der Waals surface area contributed by atoms with Crippen LogP contribution in [0.3, 0.4) is 0 Å². The second-order valence-electron chi connectivity index (χ2n) is 4.61. The number of hydrogen-bond donors (Lipinski definition) is 4. The molecule has 1 aromatic rings. The van der Waals surface area contributed by atoms with E-state index >= 15 is 0 Å². The monoisotopic (exact) mass is 252 g/mol. The van der Waals surface area contributed by atoms with Crippen LogP contribution in [0.15, 0.2) is 18.2 Å². The molecule has 5 heteroatoms. The Hall–Kier alpha value is -1.75. The van der Waals surface area contributed by atoms with Gasteiger partial charge in [0.1, 0.15) is 11.5 Å². The predicted molar refractivity (Wildman–Crippen MR) is 69.6 cm³/mol. The third-order valence-corrected chi connectivity index (χ3v) is 3.12. The molecule has 0 bridgehead atoms. The van der Waals surface area contributed by atoms with Gasteiger partial charge in [0.2, 0.25) is 0 Å². The molecule has 0 saturated carbocycles. The van der Waals surface area contributed by atoms with E-state index in [1.165, 1.54) is 12.1 Å². The van der Waals surface area contributed by atoms with Crippen LogP contribution in [0.25, 0.3) is 0 Å². The lowest BCUT2D eigenvalue weighted by Gasteiger charge is -2.29. The average Bonchev–Trinajstić information content (AvgIpc) is 2.28. The number of amides is 1. The Morgan fingerprint density at radius 1 is 1.44 bits per heavy atom. The van der Waals surface area contributed by atoms with Crippen LogP contribution in [0.5, 0.6) is 11.5 Å². The van der Waals surface area contributed by atoms with Crippen LogP contribution >= 0.6 is 0 Å². The smallest absolute Gasteiger partial charge is 0.255 e. The molecule has 100 valence electrons. The maximum atomic E-state index is 12.0. The Morgan fingerprint density at radius 3 is 2.61 bits per heavy atom. The summed E-state index contributed by atoms with van der Waals surface area (Å²) < 4.78 is 0. The first-order valence-corrected chi connectivity index (χ1v) is 5.96. The number of aromatic hydroxyl groups is 2. The lowest BCUT2D eigenvalue weighted by atomic mass is 9.94. The van der Waals surface area contributed by atoms with Gasteiger partial charge in [0.25, 0.3) is 5.91 Å². The number of benzene rings is 1. The Bertz CT molecular complexity index is 434. The molecule has 0 fully saturated rings.